The first kappa shape index (κ1) is 13.5. The molecule has 2 rings (SSSR count). The van der Waals surface area contributed by atoms with E-state index in [0.717, 1.165) is 18.7 Å². The number of nitrogens with zero attached hydrogens (tertiary/aromatic N) is 1. The zero-order chi connectivity index (χ0) is 12.8. The topological polar surface area (TPSA) is 64.4 Å². The van der Waals surface area contributed by atoms with E-state index in [1.54, 1.807) is 6.07 Å². The Morgan fingerprint density at radius 3 is 2.94 bits per heavy atom. The molecule has 0 aromatic carbocycles. The molecule has 100 valence electrons. The van der Waals surface area contributed by atoms with Gasteiger partial charge in [0, 0.05) is 24.5 Å². The number of nitro groups is 1. The maximum absolute atomic E-state index is 10.5. The third-order valence-electron chi connectivity index (χ3n) is 3.08. The van der Waals surface area contributed by atoms with Gasteiger partial charge in [-0.25, -0.2) is 0 Å². The maximum atomic E-state index is 10.5. The van der Waals surface area contributed by atoms with Gasteiger partial charge in [-0.15, -0.1) is 0 Å². The van der Waals surface area contributed by atoms with Gasteiger partial charge in [0.15, 0.2) is 0 Å². The monoisotopic (exact) mass is 270 g/mol. The van der Waals surface area contributed by atoms with Crippen LogP contribution in [0.25, 0.3) is 0 Å². The number of nitrogens with one attached hydrogen (secondary N) is 1. The summed E-state index contributed by atoms with van der Waals surface area (Å²) in [4.78, 5) is 10.2. The van der Waals surface area contributed by atoms with E-state index >= 15 is 0 Å². The molecule has 1 fully saturated rings. The van der Waals surface area contributed by atoms with Gasteiger partial charge in [-0.3, -0.25) is 10.1 Å². The molecule has 0 unspecified atom stereocenters. The fraction of sp³-hybridized carbons (Fsp3) is 0.667. The van der Waals surface area contributed by atoms with Crippen LogP contribution in [0.2, 0.25) is 0 Å². The summed E-state index contributed by atoms with van der Waals surface area (Å²) in [5.41, 5.74) is 0.965. The maximum Gasteiger partial charge on any atom is 0.324 e. The quantitative estimate of drug-likeness (QED) is 0.470. The highest BCUT2D eigenvalue weighted by Gasteiger charge is 2.14. The Bertz CT molecular complexity index is 388. The normalized spacial score (nSPS) is 16.2. The lowest BCUT2D eigenvalue weighted by atomic mass is 10.3. The van der Waals surface area contributed by atoms with Crippen LogP contribution in [0.15, 0.2) is 11.4 Å². The van der Waals surface area contributed by atoms with E-state index in [-0.39, 0.29) is 9.92 Å². The van der Waals surface area contributed by atoms with Gasteiger partial charge in [0.2, 0.25) is 0 Å². The molecule has 5 nitrogen and oxygen atoms in total. The van der Waals surface area contributed by atoms with Crippen molar-refractivity contribution in [3.8, 4) is 0 Å². The molecule has 1 saturated carbocycles. The van der Waals surface area contributed by atoms with Crippen LogP contribution in [0.5, 0.6) is 0 Å². The molecule has 1 aromatic rings. The van der Waals surface area contributed by atoms with Crippen LogP contribution in [-0.2, 0) is 11.3 Å². The zero-order valence-corrected chi connectivity index (χ0v) is 11.1. The summed E-state index contributed by atoms with van der Waals surface area (Å²) in [6.45, 7) is 2.18. The van der Waals surface area contributed by atoms with Crippen LogP contribution in [0.4, 0.5) is 5.00 Å². The molecule has 1 heterocycles. The average Bonchev–Trinajstić information content (AvgIpc) is 2.98. The highest BCUT2D eigenvalue weighted by molar-refractivity contribution is 7.13. The van der Waals surface area contributed by atoms with Gasteiger partial charge in [-0.05, 0) is 18.4 Å². The van der Waals surface area contributed by atoms with Crippen LogP contribution in [-0.4, -0.2) is 24.2 Å². The van der Waals surface area contributed by atoms with Crippen molar-refractivity contribution in [2.24, 2.45) is 0 Å². The van der Waals surface area contributed by atoms with Crippen LogP contribution < -0.4 is 5.32 Å². The average molecular weight is 270 g/mol. The Hall–Kier alpha value is -0.980. The summed E-state index contributed by atoms with van der Waals surface area (Å²) >= 11 is 1.17. The summed E-state index contributed by atoms with van der Waals surface area (Å²) in [6, 6.07) is 1.62. The van der Waals surface area contributed by atoms with Gasteiger partial charge < -0.3 is 10.1 Å². The molecule has 1 N–H and O–H groups in total. The van der Waals surface area contributed by atoms with E-state index in [4.69, 9.17) is 4.74 Å². The Morgan fingerprint density at radius 1 is 1.50 bits per heavy atom. The minimum absolute atomic E-state index is 0.203. The zero-order valence-electron chi connectivity index (χ0n) is 10.3. The Morgan fingerprint density at radius 2 is 2.28 bits per heavy atom. The predicted octanol–water partition coefficient (Wildman–Crippen LogP) is 2.71. The summed E-state index contributed by atoms with van der Waals surface area (Å²) in [7, 11) is 0. The fourth-order valence-corrected chi connectivity index (χ4v) is 2.87. The van der Waals surface area contributed by atoms with Crippen molar-refractivity contribution >= 4 is 16.3 Å². The first-order chi connectivity index (χ1) is 8.75. The Balaban J connectivity index is 1.58. The second kappa shape index (κ2) is 6.82. The van der Waals surface area contributed by atoms with Crippen LogP contribution in [0, 0.1) is 10.1 Å². The number of rotatable bonds is 7. The molecule has 0 radical (unpaired) electrons. The second-order valence-electron chi connectivity index (χ2n) is 4.50. The van der Waals surface area contributed by atoms with E-state index in [1.807, 2.05) is 5.38 Å². The molecule has 0 amide bonds. The van der Waals surface area contributed by atoms with Crippen LogP contribution in [0.3, 0.4) is 0 Å². The lowest BCUT2D eigenvalue weighted by molar-refractivity contribution is -0.380. The van der Waals surface area contributed by atoms with Gasteiger partial charge in [-0.2, -0.15) is 0 Å². The van der Waals surface area contributed by atoms with Crippen molar-refractivity contribution in [1.29, 1.82) is 0 Å². The highest BCUT2D eigenvalue weighted by Crippen LogP contribution is 2.22. The summed E-state index contributed by atoms with van der Waals surface area (Å²) in [6.07, 6.45) is 5.41. The molecule has 1 aliphatic carbocycles. The van der Waals surface area contributed by atoms with Crippen molar-refractivity contribution in [2.45, 2.75) is 38.3 Å². The summed E-state index contributed by atoms with van der Waals surface area (Å²) in [5.74, 6) is 0. The minimum atomic E-state index is -0.350. The lowest BCUT2D eigenvalue weighted by Gasteiger charge is -2.10. The molecule has 1 aromatic heterocycles. The number of thiophene rings is 1. The summed E-state index contributed by atoms with van der Waals surface area (Å²) in [5, 5.41) is 15.8. The van der Waals surface area contributed by atoms with Gasteiger partial charge in [0.05, 0.1) is 17.6 Å². The highest BCUT2D eigenvalue weighted by atomic mass is 32.1. The second-order valence-corrected chi connectivity index (χ2v) is 5.39. The lowest BCUT2D eigenvalue weighted by Crippen LogP contribution is -2.21. The fourth-order valence-electron chi connectivity index (χ4n) is 2.14. The van der Waals surface area contributed by atoms with Crippen LogP contribution >= 0.6 is 11.3 Å². The van der Waals surface area contributed by atoms with Crippen molar-refractivity contribution in [2.75, 3.05) is 13.2 Å². The number of hydrogen-bond acceptors (Lipinski definition) is 5. The SMILES string of the molecule is O=[N+]([O-])c1cc(CNCCOC2CCCC2)cs1. The molecular formula is C12H18N2O3S. The van der Waals surface area contributed by atoms with Gasteiger partial charge in [-0.1, -0.05) is 24.2 Å². The molecule has 0 saturated heterocycles. The van der Waals surface area contributed by atoms with Gasteiger partial charge in [0.1, 0.15) is 0 Å². The van der Waals surface area contributed by atoms with E-state index < -0.39 is 0 Å². The van der Waals surface area contributed by atoms with E-state index in [1.165, 1.54) is 37.0 Å². The Labute approximate surface area is 110 Å². The third-order valence-corrected chi connectivity index (χ3v) is 4.01. The first-order valence-electron chi connectivity index (χ1n) is 6.30. The molecular weight excluding hydrogens is 252 g/mol. The Kier molecular flexibility index (Phi) is 5.10. The molecule has 0 atom stereocenters. The van der Waals surface area contributed by atoms with Crippen molar-refractivity contribution in [3.63, 3.8) is 0 Å². The molecule has 0 bridgehead atoms. The van der Waals surface area contributed by atoms with Crippen LogP contribution in [0.1, 0.15) is 31.2 Å². The largest absolute Gasteiger partial charge is 0.377 e. The number of hydrogen-bond donors (Lipinski definition) is 1. The smallest absolute Gasteiger partial charge is 0.324 e. The van der Waals surface area contributed by atoms with Crippen molar-refractivity contribution in [3.05, 3.63) is 27.1 Å². The molecule has 0 aliphatic heterocycles. The predicted molar refractivity (Wildman–Crippen MR) is 70.9 cm³/mol. The van der Waals surface area contributed by atoms with E-state index in [2.05, 4.69) is 5.32 Å². The molecule has 6 heteroatoms. The van der Waals surface area contributed by atoms with Gasteiger partial charge in [0.25, 0.3) is 0 Å². The van der Waals surface area contributed by atoms with Gasteiger partial charge >= 0.3 is 5.00 Å². The molecule has 18 heavy (non-hydrogen) atoms. The minimum Gasteiger partial charge on any atom is -0.377 e. The van der Waals surface area contributed by atoms with Crippen molar-refractivity contribution in [1.82, 2.24) is 5.32 Å². The molecule has 1 aliphatic rings. The van der Waals surface area contributed by atoms with E-state index in [0.29, 0.717) is 12.6 Å². The summed E-state index contributed by atoms with van der Waals surface area (Å²) < 4.78 is 5.72. The number of ether oxygens (including phenoxy) is 1. The first-order valence-corrected chi connectivity index (χ1v) is 7.18. The molecule has 0 spiro atoms. The van der Waals surface area contributed by atoms with Crippen molar-refractivity contribution < 1.29 is 9.66 Å². The third kappa shape index (κ3) is 4.04. The van der Waals surface area contributed by atoms with E-state index in [9.17, 15) is 10.1 Å². The standard InChI is InChI=1S/C12H18N2O3S/c15-14(16)12-7-10(9-18-12)8-13-5-6-17-11-3-1-2-4-11/h7,9,11,13H,1-6,8H2.